The fraction of sp³-hybridized carbons (Fsp3) is 0.178. The van der Waals surface area contributed by atoms with Crippen LogP contribution >= 0.6 is 45.3 Å². The molecule has 0 bridgehead atoms. The third-order valence-electron chi connectivity index (χ3n) is 23.5. The maximum atomic E-state index is 13.1. The van der Waals surface area contributed by atoms with Gasteiger partial charge in [0.1, 0.15) is 22.8 Å². The van der Waals surface area contributed by atoms with Crippen LogP contribution in [-0.2, 0) is 123 Å². The SMILES string of the molecule is O=C(CCCc1ccccc1)Nc1nc2c(nc1-c1cccs1)-c1ccc(CO)cc1CC2.O=C(CCc1ccccc1)Nc1nc2c(nc1-c1cccs1)-c1ccc(CO)cc1CC2.O=C(Cc1ccc2ccccc2c1)Nc1nc2c(nc1-c1cccs1)-c1ccc(CO)cc1CC2.O=C(Cc1ccccc1)Nc1nc2c(nc1-c1cccs1)-c1ccc(CO)cc1CC2. The van der Waals surface area contributed by atoms with Gasteiger partial charge in [0.25, 0.3) is 0 Å². The number of aliphatic hydroxyl groups excluding tert-OH is 4. The predicted octanol–water partition coefficient (Wildman–Crippen LogP) is 20.9. The van der Waals surface area contributed by atoms with Gasteiger partial charge in [0.05, 0.1) is 104 Å². The van der Waals surface area contributed by atoms with Crippen LogP contribution in [-0.4, -0.2) is 83.9 Å². The van der Waals surface area contributed by atoms with Crippen LogP contribution in [0.1, 0.15) is 109 Å². The number of rotatable bonds is 23. The molecular formula is C107H92N12O8S4. The summed E-state index contributed by atoms with van der Waals surface area (Å²) in [4.78, 5) is 94.7. The number of benzene rings is 9. The molecule has 4 aliphatic carbocycles. The van der Waals surface area contributed by atoms with E-state index in [9.17, 15) is 39.6 Å². The molecule has 8 N–H and O–H groups in total. The highest BCUT2D eigenvalue weighted by atomic mass is 32.1. The normalized spacial score (nSPS) is 12.2. The number of aromatic nitrogens is 8. The summed E-state index contributed by atoms with van der Waals surface area (Å²) >= 11 is 6.31. The number of nitrogens with zero attached hydrogens (tertiary/aromatic N) is 8. The maximum Gasteiger partial charge on any atom is 0.230 e. The first-order valence-electron chi connectivity index (χ1n) is 43.8. The number of anilines is 4. The Kier molecular flexibility index (Phi) is 27.6. The highest BCUT2D eigenvalue weighted by Gasteiger charge is 2.30. The lowest BCUT2D eigenvalue weighted by molar-refractivity contribution is -0.117. The van der Waals surface area contributed by atoms with Gasteiger partial charge in [0, 0.05) is 35.1 Å². The van der Waals surface area contributed by atoms with E-state index in [-0.39, 0.29) is 62.9 Å². The van der Waals surface area contributed by atoms with Crippen LogP contribution in [0.3, 0.4) is 0 Å². The summed E-state index contributed by atoms with van der Waals surface area (Å²) in [5, 5.41) is 60.3. The minimum atomic E-state index is -0.115. The highest BCUT2D eigenvalue weighted by Crippen LogP contribution is 2.44. The van der Waals surface area contributed by atoms with Crippen molar-refractivity contribution in [3.63, 3.8) is 0 Å². The Morgan fingerprint density at radius 2 is 0.565 bits per heavy atom. The van der Waals surface area contributed by atoms with Crippen molar-refractivity contribution in [3.8, 4) is 87.3 Å². The van der Waals surface area contributed by atoms with E-state index in [1.165, 1.54) is 27.8 Å². The number of hydrogen-bond acceptors (Lipinski definition) is 20. The molecule has 0 aliphatic heterocycles. The Morgan fingerprint density at radius 3 is 0.908 bits per heavy atom. The van der Waals surface area contributed by atoms with Gasteiger partial charge in [-0.1, -0.05) is 231 Å². The van der Waals surface area contributed by atoms with Crippen molar-refractivity contribution >= 4 is 103 Å². The van der Waals surface area contributed by atoms with Crippen molar-refractivity contribution in [2.45, 2.75) is 123 Å². The van der Waals surface area contributed by atoms with Crippen LogP contribution in [0.25, 0.3) is 98.1 Å². The Balaban J connectivity index is 0.000000117. The second kappa shape index (κ2) is 41.2. The van der Waals surface area contributed by atoms with Crippen LogP contribution in [0.5, 0.6) is 0 Å². The van der Waals surface area contributed by atoms with Crippen molar-refractivity contribution in [1.82, 2.24) is 39.9 Å². The lowest BCUT2D eigenvalue weighted by Crippen LogP contribution is -2.18. The Hall–Kier alpha value is -13.9. The predicted molar refractivity (Wildman–Crippen MR) is 523 cm³/mol. The van der Waals surface area contributed by atoms with Crippen molar-refractivity contribution in [2.24, 2.45) is 0 Å². The van der Waals surface area contributed by atoms with E-state index in [4.69, 9.17) is 39.9 Å². The molecule has 0 fully saturated rings. The van der Waals surface area contributed by atoms with Gasteiger partial charge in [-0.25, -0.2) is 39.9 Å². The fourth-order valence-electron chi connectivity index (χ4n) is 16.9. The Labute approximate surface area is 774 Å². The van der Waals surface area contributed by atoms with Crippen molar-refractivity contribution in [2.75, 3.05) is 21.3 Å². The molecule has 0 spiro atoms. The summed E-state index contributed by atoms with van der Waals surface area (Å²) in [6, 6.07) is 84.0. The average molecular weight is 1800 g/mol. The number of hydrogen-bond donors (Lipinski definition) is 8. The summed E-state index contributed by atoms with van der Waals surface area (Å²) in [5.41, 5.74) is 26.6. The summed E-state index contributed by atoms with van der Waals surface area (Å²) in [7, 11) is 0. The largest absolute Gasteiger partial charge is 0.392 e. The first-order valence-corrected chi connectivity index (χ1v) is 47.3. The zero-order valence-electron chi connectivity index (χ0n) is 71.6. The van der Waals surface area contributed by atoms with Gasteiger partial charge in [0.15, 0.2) is 23.3 Å². The standard InChI is InChI=1S/C29H23N3O2S.C27H25N3O2S.C26H23N3O2S.C25H21N3O2S/c33-17-19-8-11-23-22(15-19)10-12-24-27(23)32-28(25-6-3-13-35-25)29(30-24)31-26(34)16-18-7-9-20-4-1-2-5-21(20)14-18;31-17-19-11-13-21-20(16-19)12-14-22-25(21)30-26(23-9-5-15-33-23)27(28-22)29-24(32)10-4-8-18-6-2-1-3-7-18;30-16-18-8-11-20-19(15-18)10-12-21-24(20)29-25(22-7-4-14-32-22)26(27-21)28-23(31)13-9-17-5-2-1-3-6-17;29-15-17-8-10-19-18(13-17)9-11-20-23(19)28-24(21-7-4-12-31-21)25(26-20)27-22(30)14-16-5-2-1-3-6-16/h1-9,11,13-15,33H,10,12,16-17H2,(H,30,31,34);1-3,5-7,9,11,13,15-16,31H,4,8,10,12,14,17H2,(H,28,29,32);1-8,11,14-15,30H,9-10,12-13,16H2,(H,27,28,31);1-8,10,12-13,29H,9,11,14-15H2,(H,26,27,30). The Bertz CT molecular complexity index is 6980. The van der Waals surface area contributed by atoms with Crippen molar-refractivity contribution in [3.05, 3.63) is 366 Å². The van der Waals surface area contributed by atoms with E-state index < -0.39 is 0 Å². The van der Waals surface area contributed by atoms with Gasteiger partial charge in [-0.15, -0.1) is 45.3 Å². The van der Waals surface area contributed by atoms with Crippen LogP contribution in [0.2, 0.25) is 0 Å². The molecule has 131 heavy (non-hydrogen) atoms. The zero-order valence-corrected chi connectivity index (χ0v) is 74.9. The smallest absolute Gasteiger partial charge is 0.230 e. The molecule has 20 nitrogen and oxygen atoms in total. The lowest BCUT2D eigenvalue weighted by Gasteiger charge is -2.21. The maximum absolute atomic E-state index is 13.1. The van der Waals surface area contributed by atoms with E-state index in [0.29, 0.717) is 65.3 Å². The van der Waals surface area contributed by atoms with Gasteiger partial charge in [0.2, 0.25) is 23.6 Å². The minimum Gasteiger partial charge on any atom is -0.392 e. The summed E-state index contributed by atoms with van der Waals surface area (Å²) in [6.45, 7) is 0.106. The first kappa shape index (κ1) is 87.8. The zero-order chi connectivity index (χ0) is 89.5. The molecule has 0 saturated heterocycles. The number of fused-ring (bicyclic) bond motifs is 13. The molecule has 4 amide bonds. The third kappa shape index (κ3) is 20.9. The Morgan fingerprint density at radius 1 is 0.260 bits per heavy atom. The molecule has 21 rings (SSSR count). The molecule has 0 unspecified atom stereocenters. The average Bonchev–Trinajstić information content (AvgIpc) is 1.69. The molecule has 9 aromatic carbocycles. The quantitative estimate of drug-likeness (QED) is 0.0295. The van der Waals surface area contributed by atoms with Crippen LogP contribution < -0.4 is 21.3 Å². The lowest BCUT2D eigenvalue weighted by atomic mass is 9.90. The van der Waals surface area contributed by atoms with Gasteiger partial charge in [-0.3, -0.25) is 19.2 Å². The van der Waals surface area contributed by atoms with Crippen LogP contribution in [0, 0.1) is 0 Å². The van der Waals surface area contributed by atoms with Gasteiger partial charge in [-0.05, 0) is 194 Å². The first-order chi connectivity index (χ1) is 64.3. The van der Waals surface area contributed by atoms with E-state index in [2.05, 4.69) is 51.6 Å². The number of aliphatic hydroxyl groups is 4. The van der Waals surface area contributed by atoms with E-state index >= 15 is 0 Å². The summed E-state index contributed by atoms with van der Waals surface area (Å²) in [5.74, 6) is 1.76. The molecule has 8 aromatic heterocycles. The molecule has 24 heteroatoms. The molecule has 652 valence electrons. The van der Waals surface area contributed by atoms with E-state index in [0.717, 1.165) is 201 Å². The van der Waals surface area contributed by atoms with Crippen LogP contribution in [0.15, 0.2) is 276 Å². The molecule has 0 radical (unpaired) electrons. The molecule has 4 aliphatic rings. The van der Waals surface area contributed by atoms with Crippen molar-refractivity contribution < 1.29 is 39.6 Å². The van der Waals surface area contributed by atoms with Crippen molar-refractivity contribution in [1.29, 1.82) is 0 Å². The molecule has 0 saturated carbocycles. The van der Waals surface area contributed by atoms with E-state index in [1.54, 1.807) is 45.3 Å². The van der Waals surface area contributed by atoms with Gasteiger partial charge >= 0.3 is 0 Å². The number of amides is 4. The second-order valence-corrected chi connectivity index (χ2v) is 36.2. The number of thiophene rings is 4. The topological polar surface area (TPSA) is 300 Å². The number of nitrogens with one attached hydrogen (secondary N) is 4. The second-order valence-electron chi connectivity index (χ2n) is 32.4. The number of carbonyl (C=O) groups excluding carboxylic acids is 4. The highest BCUT2D eigenvalue weighted by molar-refractivity contribution is 7.14. The fourth-order valence-corrected chi connectivity index (χ4v) is 19.8. The molecular weight excluding hydrogens is 1710 g/mol. The van der Waals surface area contributed by atoms with Crippen LogP contribution in [0.4, 0.5) is 23.3 Å². The van der Waals surface area contributed by atoms with Gasteiger partial charge < -0.3 is 41.7 Å². The molecule has 17 aromatic rings. The summed E-state index contributed by atoms with van der Waals surface area (Å²) < 4.78 is 0. The van der Waals surface area contributed by atoms with Gasteiger partial charge in [-0.2, -0.15) is 0 Å². The molecule has 8 heterocycles. The minimum absolute atomic E-state index is 0.0223. The summed E-state index contributed by atoms with van der Waals surface area (Å²) in [6.07, 6.45) is 10.0. The monoisotopic (exact) mass is 1800 g/mol. The van der Waals surface area contributed by atoms with E-state index in [1.807, 2.05) is 246 Å². The number of aryl methyl sites for hydroxylation is 10. The molecule has 0 atom stereocenters. The third-order valence-corrected chi connectivity index (χ3v) is 27.0. The number of carbonyl (C=O) groups is 4.